The summed E-state index contributed by atoms with van der Waals surface area (Å²) < 4.78 is 5.91. The Morgan fingerprint density at radius 2 is 1.33 bits per heavy atom. The van der Waals surface area contributed by atoms with Gasteiger partial charge in [-0.3, -0.25) is 0 Å². The molecule has 1 heterocycles. The van der Waals surface area contributed by atoms with Gasteiger partial charge in [0, 0.05) is 11.1 Å². The first-order chi connectivity index (χ1) is 8.95. The Labute approximate surface area is 109 Å². The summed E-state index contributed by atoms with van der Waals surface area (Å²) in [6.07, 6.45) is 2.18. The first-order valence-electron chi connectivity index (χ1n) is 5.97. The minimum Gasteiger partial charge on any atom is -0.540 e. The summed E-state index contributed by atoms with van der Waals surface area (Å²) in [4.78, 5) is 0. The van der Waals surface area contributed by atoms with Crippen LogP contribution in [-0.2, 0) is 4.43 Å². The molecule has 0 saturated heterocycles. The molecule has 1 aliphatic rings. The van der Waals surface area contributed by atoms with Crippen LogP contribution in [0.25, 0.3) is 11.3 Å². The van der Waals surface area contributed by atoms with E-state index in [2.05, 4.69) is 48.2 Å². The minimum atomic E-state index is -0.0789. The van der Waals surface area contributed by atoms with Crippen LogP contribution in [0, 0.1) is 0 Å². The molecule has 0 N–H and O–H groups in total. The molecule has 0 spiro atoms. The van der Waals surface area contributed by atoms with E-state index in [1.54, 1.807) is 0 Å². The van der Waals surface area contributed by atoms with Crippen molar-refractivity contribution in [3.63, 3.8) is 0 Å². The van der Waals surface area contributed by atoms with Gasteiger partial charge in [0.15, 0.2) is 0 Å². The standard InChI is InChI=1S/C16H13OSi/c1-3-7-13(8-4-1)15-11-12-18-17-16(15)14-9-5-2-6-10-14/h1-12,18H. The zero-order valence-corrected chi connectivity index (χ0v) is 11.1. The predicted molar refractivity (Wildman–Crippen MR) is 77.1 cm³/mol. The maximum atomic E-state index is 5.91. The van der Waals surface area contributed by atoms with Gasteiger partial charge in [0.2, 0.25) is 0 Å². The molecule has 1 nitrogen and oxygen atoms in total. The largest absolute Gasteiger partial charge is 0.540 e. The Bertz CT molecular complexity index is 585. The van der Waals surface area contributed by atoms with Crippen LogP contribution in [0.1, 0.15) is 11.1 Å². The summed E-state index contributed by atoms with van der Waals surface area (Å²) in [5, 5.41) is 0. The molecule has 0 amide bonds. The second-order valence-corrected chi connectivity index (χ2v) is 4.98. The van der Waals surface area contributed by atoms with Crippen LogP contribution in [0.15, 0.2) is 72.4 Å². The van der Waals surface area contributed by atoms with Gasteiger partial charge in [0.25, 0.3) is 9.76 Å². The molecule has 0 aromatic heterocycles. The van der Waals surface area contributed by atoms with Gasteiger partial charge in [-0.1, -0.05) is 72.4 Å². The average Bonchev–Trinajstić information content (AvgIpc) is 2.49. The Morgan fingerprint density at radius 1 is 0.722 bits per heavy atom. The molecule has 18 heavy (non-hydrogen) atoms. The Hall–Kier alpha value is -2.06. The van der Waals surface area contributed by atoms with Crippen molar-refractivity contribution < 1.29 is 4.43 Å². The molecule has 2 aromatic carbocycles. The second kappa shape index (κ2) is 5.06. The smallest absolute Gasteiger partial charge is 0.290 e. The van der Waals surface area contributed by atoms with Crippen LogP contribution >= 0.6 is 0 Å². The highest BCUT2D eigenvalue weighted by atomic mass is 28.2. The molecular formula is C16H13OSi. The highest BCUT2D eigenvalue weighted by Crippen LogP contribution is 2.30. The van der Waals surface area contributed by atoms with Crippen molar-refractivity contribution >= 4 is 21.1 Å². The minimum absolute atomic E-state index is 0.0789. The third kappa shape index (κ3) is 2.15. The predicted octanol–water partition coefficient (Wildman–Crippen LogP) is 3.45. The van der Waals surface area contributed by atoms with Crippen molar-refractivity contribution in [3.8, 4) is 0 Å². The fraction of sp³-hybridized carbons (Fsp3) is 0. The summed E-state index contributed by atoms with van der Waals surface area (Å²) in [5.41, 5.74) is 5.65. The van der Waals surface area contributed by atoms with Crippen molar-refractivity contribution in [1.29, 1.82) is 0 Å². The van der Waals surface area contributed by atoms with Crippen molar-refractivity contribution in [2.45, 2.75) is 0 Å². The van der Waals surface area contributed by atoms with Crippen molar-refractivity contribution in [1.82, 2.24) is 0 Å². The zero-order chi connectivity index (χ0) is 12.2. The van der Waals surface area contributed by atoms with Gasteiger partial charge in [-0.25, -0.2) is 0 Å². The molecule has 0 unspecified atom stereocenters. The normalized spacial score (nSPS) is 14.4. The van der Waals surface area contributed by atoms with Crippen LogP contribution in [0.3, 0.4) is 0 Å². The van der Waals surface area contributed by atoms with Crippen LogP contribution in [0.2, 0.25) is 0 Å². The SMILES string of the molecule is C1=CC(c2ccccc2)=C(c2ccccc2)O[SiH]1. The fourth-order valence-electron chi connectivity index (χ4n) is 2.04. The zero-order valence-electron chi connectivity index (χ0n) is 9.91. The monoisotopic (exact) mass is 249 g/mol. The van der Waals surface area contributed by atoms with Gasteiger partial charge in [0.1, 0.15) is 5.76 Å². The van der Waals surface area contributed by atoms with Gasteiger partial charge in [-0.05, 0) is 5.56 Å². The number of hydrogen-bond donors (Lipinski definition) is 0. The number of allylic oxidation sites excluding steroid dienone is 2. The van der Waals surface area contributed by atoms with E-state index in [9.17, 15) is 0 Å². The second-order valence-electron chi connectivity index (χ2n) is 4.09. The summed E-state index contributed by atoms with van der Waals surface area (Å²) in [7, 11) is -0.0789. The quantitative estimate of drug-likeness (QED) is 0.741. The summed E-state index contributed by atoms with van der Waals surface area (Å²) in [5.74, 6) is 0.999. The van der Waals surface area contributed by atoms with Gasteiger partial charge in [-0.2, -0.15) is 0 Å². The maximum absolute atomic E-state index is 5.91. The topological polar surface area (TPSA) is 9.23 Å². The Morgan fingerprint density at radius 3 is 2.00 bits per heavy atom. The molecule has 2 aromatic rings. The molecule has 1 aliphatic heterocycles. The Balaban J connectivity index is 2.13. The van der Waals surface area contributed by atoms with E-state index < -0.39 is 0 Å². The fourth-order valence-corrected chi connectivity index (χ4v) is 2.79. The molecular weight excluding hydrogens is 236 g/mol. The van der Waals surface area contributed by atoms with Crippen LogP contribution in [0.5, 0.6) is 0 Å². The summed E-state index contributed by atoms with van der Waals surface area (Å²) in [6.45, 7) is 0. The first-order valence-corrected chi connectivity index (χ1v) is 7.10. The molecule has 3 rings (SSSR count). The van der Waals surface area contributed by atoms with Crippen LogP contribution in [0.4, 0.5) is 0 Å². The molecule has 0 fully saturated rings. The summed E-state index contributed by atoms with van der Waals surface area (Å²) in [6, 6.07) is 20.7. The van der Waals surface area contributed by atoms with E-state index in [0.717, 1.165) is 11.3 Å². The molecule has 0 aliphatic carbocycles. The molecule has 87 valence electrons. The molecule has 2 heteroatoms. The third-order valence-electron chi connectivity index (χ3n) is 2.89. The molecule has 0 saturated carbocycles. The third-order valence-corrected chi connectivity index (χ3v) is 3.61. The van der Waals surface area contributed by atoms with Gasteiger partial charge >= 0.3 is 0 Å². The lowest BCUT2D eigenvalue weighted by molar-refractivity contribution is 0.560. The van der Waals surface area contributed by atoms with E-state index in [1.807, 2.05) is 24.3 Å². The van der Waals surface area contributed by atoms with Crippen LogP contribution < -0.4 is 0 Å². The van der Waals surface area contributed by atoms with Gasteiger partial charge in [0.05, 0.1) is 0 Å². The van der Waals surface area contributed by atoms with Crippen molar-refractivity contribution in [2.75, 3.05) is 0 Å². The van der Waals surface area contributed by atoms with E-state index in [0.29, 0.717) is 0 Å². The van der Waals surface area contributed by atoms with E-state index in [1.165, 1.54) is 11.1 Å². The van der Waals surface area contributed by atoms with E-state index in [-0.39, 0.29) is 9.76 Å². The van der Waals surface area contributed by atoms with Gasteiger partial charge in [-0.15, -0.1) is 0 Å². The molecule has 0 atom stereocenters. The highest BCUT2D eigenvalue weighted by molar-refractivity contribution is 6.38. The molecule has 0 bridgehead atoms. The van der Waals surface area contributed by atoms with Crippen molar-refractivity contribution in [3.05, 3.63) is 83.6 Å². The average molecular weight is 249 g/mol. The van der Waals surface area contributed by atoms with E-state index in [4.69, 9.17) is 4.43 Å². The summed E-state index contributed by atoms with van der Waals surface area (Å²) >= 11 is 0. The Kier molecular flexibility index (Phi) is 3.11. The lowest BCUT2D eigenvalue weighted by Crippen LogP contribution is -2.03. The van der Waals surface area contributed by atoms with Crippen LogP contribution in [-0.4, -0.2) is 9.76 Å². The van der Waals surface area contributed by atoms with E-state index >= 15 is 0 Å². The molecule has 1 radical (unpaired) electrons. The number of rotatable bonds is 2. The maximum Gasteiger partial charge on any atom is 0.290 e. The van der Waals surface area contributed by atoms with Gasteiger partial charge < -0.3 is 4.43 Å². The van der Waals surface area contributed by atoms with Crippen molar-refractivity contribution in [2.24, 2.45) is 0 Å². The number of hydrogen-bond acceptors (Lipinski definition) is 1. The lowest BCUT2D eigenvalue weighted by atomic mass is 10.0. The first kappa shape index (κ1) is 11.1. The highest BCUT2D eigenvalue weighted by Gasteiger charge is 2.13. The lowest BCUT2D eigenvalue weighted by Gasteiger charge is -2.17. The number of benzene rings is 2.